The molecule has 1 nitrogen and oxygen atoms in total. The standard InChI is InChI=1S/C39H79N/c1-4-6-8-10-12-14-16-18-20-22-24-26-28-30-32-34-36-39(38(3)40)37-35-33-31-29-27-25-23-21-19-17-15-13-11-9-7-5-2/h39H,3-37,40H2,1-2H3. The van der Waals surface area contributed by atoms with E-state index < -0.39 is 0 Å². The van der Waals surface area contributed by atoms with E-state index in [1.807, 2.05) is 0 Å². The minimum atomic E-state index is 0.568. The van der Waals surface area contributed by atoms with Gasteiger partial charge in [-0.2, -0.15) is 0 Å². The Balaban J connectivity index is 3.37. The Labute approximate surface area is 255 Å². The molecule has 0 aliphatic heterocycles. The Hall–Kier alpha value is -0.460. The van der Waals surface area contributed by atoms with Crippen LogP contribution in [0, 0.1) is 5.92 Å². The summed E-state index contributed by atoms with van der Waals surface area (Å²) in [6.07, 6.45) is 48.6. The predicted octanol–water partition coefficient (Wildman–Crippen LogP) is 14.4. The van der Waals surface area contributed by atoms with Crippen molar-refractivity contribution in [3.8, 4) is 0 Å². The van der Waals surface area contributed by atoms with Gasteiger partial charge in [0.2, 0.25) is 0 Å². The highest BCUT2D eigenvalue weighted by atomic mass is 14.6. The zero-order valence-corrected chi connectivity index (χ0v) is 28.4. The van der Waals surface area contributed by atoms with Crippen LogP contribution in [0.4, 0.5) is 0 Å². The molecule has 0 bridgehead atoms. The molecule has 0 aromatic rings. The summed E-state index contributed by atoms with van der Waals surface area (Å²) in [5.74, 6) is 0.568. The minimum absolute atomic E-state index is 0.568. The summed E-state index contributed by atoms with van der Waals surface area (Å²) in [6, 6.07) is 0. The van der Waals surface area contributed by atoms with Gasteiger partial charge in [0.1, 0.15) is 0 Å². The van der Waals surface area contributed by atoms with Crippen molar-refractivity contribution in [1.29, 1.82) is 0 Å². The maximum Gasteiger partial charge on any atom is 0.00390 e. The number of nitrogens with two attached hydrogens (primary N) is 1. The third-order valence-corrected chi connectivity index (χ3v) is 9.34. The van der Waals surface area contributed by atoms with Gasteiger partial charge in [0, 0.05) is 5.70 Å². The van der Waals surface area contributed by atoms with Crippen LogP contribution >= 0.6 is 0 Å². The molecule has 0 aromatic heterocycles. The Kier molecular flexibility index (Phi) is 34.3. The molecule has 0 unspecified atom stereocenters. The molecule has 0 aliphatic rings. The topological polar surface area (TPSA) is 26.0 Å². The Morgan fingerprint density at radius 2 is 0.525 bits per heavy atom. The van der Waals surface area contributed by atoms with Gasteiger partial charge in [-0.1, -0.05) is 226 Å². The fourth-order valence-electron chi connectivity index (χ4n) is 6.39. The van der Waals surface area contributed by atoms with Crippen LogP contribution < -0.4 is 5.73 Å². The van der Waals surface area contributed by atoms with Crippen LogP contribution in [0.1, 0.15) is 232 Å². The molecule has 0 radical (unpaired) electrons. The summed E-state index contributed by atoms with van der Waals surface area (Å²) >= 11 is 0. The molecule has 0 atom stereocenters. The number of hydrogen-bond donors (Lipinski definition) is 1. The smallest absolute Gasteiger partial charge is 0.00390 e. The lowest BCUT2D eigenvalue weighted by Gasteiger charge is -2.16. The van der Waals surface area contributed by atoms with Gasteiger partial charge in [-0.3, -0.25) is 0 Å². The van der Waals surface area contributed by atoms with Crippen molar-refractivity contribution in [3.05, 3.63) is 12.3 Å². The van der Waals surface area contributed by atoms with Gasteiger partial charge in [0.05, 0.1) is 0 Å². The first-order valence-electron chi connectivity index (χ1n) is 19.2. The van der Waals surface area contributed by atoms with Gasteiger partial charge in [-0.05, 0) is 18.8 Å². The number of unbranched alkanes of at least 4 members (excludes halogenated alkanes) is 30. The third kappa shape index (κ3) is 32.1. The lowest BCUT2D eigenvalue weighted by Crippen LogP contribution is -2.11. The molecule has 1 heteroatoms. The molecular formula is C39H79N. The molecule has 0 saturated heterocycles. The second-order valence-corrected chi connectivity index (χ2v) is 13.5. The van der Waals surface area contributed by atoms with Crippen LogP contribution in [0.15, 0.2) is 12.3 Å². The van der Waals surface area contributed by atoms with Crippen molar-refractivity contribution < 1.29 is 0 Å². The Bertz CT molecular complexity index is 433. The average molecular weight is 562 g/mol. The van der Waals surface area contributed by atoms with Crippen molar-refractivity contribution >= 4 is 0 Å². The molecule has 0 aliphatic carbocycles. The van der Waals surface area contributed by atoms with Gasteiger partial charge in [0.25, 0.3) is 0 Å². The molecule has 0 aromatic carbocycles. The van der Waals surface area contributed by atoms with E-state index in [-0.39, 0.29) is 0 Å². The van der Waals surface area contributed by atoms with E-state index in [2.05, 4.69) is 20.4 Å². The van der Waals surface area contributed by atoms with E-state index in [1.54, 1.807) is 0 Å². The maximum absolute atomic E-state index is 6.18. The summed E-state index contributed by atoms with van der Waals surface area (Å²) in [5.41, 5.74) is 7.12. The quantitative estimate of drug-likeness (QED) is 0.0765. The molecule has 0 amide bonds. The fraction of sp³-hybridized carbons (Fsp3) is 0.949. The Morgan fingerprint density at radius 3 is 0.700 bits per heavy atom. The zero-order valence-electron chi connectivity index (χ0n) is 28.4. The molecule has 0 spiro atoms. The van der Waals surface area contributed by atoms with Crippen LogP contribution in [0.2, 0.25) is 0 Å². The molecule has 240 valence electrons. The van der Waals surface area contributed by atoms with Crippen molar-refractivity contribution in [2.24, 2.45) is 11.7 Å². The van der Waals surface area contributed by atoms with Crippen LogP contribution in [0.3, 0.4) is 0 Å². The second kappa shape index (κ2) is 34.7. The minimum Gasteiger partial charge on any atom is -0.402 e. The van der Waals surface area contributed by atoms with Gasteiger partial charge in [-0.15, -0.1) is 0 Å². The van der Waals surface area contributed by atoms with E-state index in [0.29, 0.717) is 5.92 Å². The van der Waals surface area contributed by atoms with Gasteiger partial charge in [-0.25, -0.2) is 0 Å². The molecule has 0 heterocycles. The maximum atomic E-state index is 6.18. The number of rotatable bonds is 35. The van der Waals surface area contributed by atoms with Crippen LogP contribution in [0.25, 0.3) is 0 Å². The van der Waals surface area contributed by atoms with E-state index in [9.17, 15) is 0 Å². The van der Waals surface area contributed by atoms with E-state index in [0.717, 1.165) is 5.70 Å². The van der Waals surface area contributed by atoms with Gasteiger partial charge in [0.15, 0.2) is 0 Å². The summed E-state index contributed by atoms with van der Waals surface area (Å²) in [7, 11) is 0. The largest absolute Gasteiger partial charge is 0.402 e. The first-order valence-corrected chi connectivity index (χ1v) is 19.2. The summed E-state index contributed by atoms with van der Waals surface area (Å²) in [6.45, 7) is 8.72. The fourth-order valence-corrected chi connectivity index (χ4v) is 6.39. The second-order valence-electron chi connectivity index (χ2n) is 13.5. The lowest BCUT2D eigenvalue weighted by atomic mass is 9.92. The van der Waals surface area contributed by atoms with E-state index in [1.165, 1.54) is 218 Å². The van der Waals surface area contributed by atoms with E-state index >= 15 is 0 Å². The first kappa shape index (κ1) is 39.5. The average Bonchev–Trinajstić information content (AvgIpc) is 2.95. The van der Waals surface area contributed by atoms with Gasteiger partial charge < -0.3 is 5.73 Å². The monoisotopic (exact) mass is 562 g/mol. The Morgan fingerprint density at radius 1 is 0.350 bits per heavy atom. The molecule has 0 fully saturated rings. The van der Waals surface area contributed by atoms with Crippen molar-refractivity contribution in [2.75, 3.05) is 0 Å². The normalized spacial score (nSPS) is 11.6. The molecule has 2 N–H and O–H groups in total. The molecule has 0 saturated carbocycles. The SMILES string of the molecule is C=C(N)C(CCCCCCCCCCCCCCCCCC)CCCCCCCCCCCCCCCCCC. The predicted molar refractivity (Wildman–Crippen MR) is 185 cm³/mol. The molecular weight excluding hydrogens is 482 g/mol. The highest BCUT2D eigenvalue weighted by Crippen LogP contribution is 2.23. The van der Waals surface area contributed by atoms with Crippen molar-refractivity contribution in [3.63, 3.8) is 0 Å². The number of hydrogen-bond acceptors (Lipinski definition) is 1. The van der Waals surface area contributed by atoms with Crippen molar-refractivity contribution in [1.82, 2.24) is 0 Å². The van der Waals surface area contributed by atoms with Crippen LogP contribution in [-0.2, 0) is 0 Å². The van der Waals surface area contributed by atoms with Crippen LogP contribution in [0.5, 0.6) is 0 Å². The molecule has 0 rings (SSSR count). The highest BCUT2D eigenvalue weighted by Gasteiger charge is 2.09. The van der Waals surface area contributed by atoms with Gasteiger partial charge >= 0.3 is 0 Å². The molecule has 40 heavy (non-hydrogen) atoms. The third-order valence-electron chi connectivity index (χ3n) is 9.34. The summed E-state index contributed by atoms with van der Waals surface area (Å²) in [4.78, 5) is 0. The highest BCUT2D eigenvalue weighted by molar-refractivity contribution is 4.94. The van der Waals surface area contributed by atoms with Crippen LogP contribution in [-0.4, -0.2) is 0 Å². The summed E-state index contributed by atoms with van der Waals surface area (Å²) < 4.78 is 0. The zero-order chi connectivity index (χ0) is 29.2. The number of allylic oxidation sites excluding steroid dienone is 1. The summed E-state index contributed by atoms with van der Waals surface area (Å²) in [5, 5.41) is 0. The van der Waals surface area contributed by atoms with E-state index in [4.69, 9.17) is 5.73 Å². The van der Waals surface area contributed by atoms with Crippen molar-refractivity contribution in [2.45, 2.75) is 232 Å². The lowest BCUT2D eigenvalue weighted by molar-refractivity contribution is 0.444. The first-order chi connectivity index (χ1) is 19.7.